The molecule has 0 aliphatic carbocycles. The van der Waals surface area contributed by atoms with Crippen LogP contribution in [0.25, 0.3) is 0 Å². The summed E-state index contributed by atoms with van der Waals surface area (Å²) < 4.78 is 0. The van der Waals surface area contributed by atoms with E-state index >= 15 is 0 Å². The van der Waals surface area contributed by atoms with Gasteiger partial charge in [-0.2, -0.15) is 0 Å². The Labute approximate surface area is 98.7 Å². The fraction of sp³-hybridized carbons (Fsp3) is 0.615. The molecular formula is C13H23N3. The second kappa shape index (κ2) is 6.36. The summed E-state index contributed by atoms with van der Waals surface area (Å²) >= 11 is 0. The number of aromatic nitrogens is 1. The van der Waals surface area contributed by atoms with Crippen molar-refractivity contribution >= 4 is 11.5 Å². The average Bonchev–Trinajstić information content (AvgIpc) is 2.31. The Morgan fingerprint density at radius 3 is 2.75 bits per heavy atom. The van der Waals surface area contributed by atoms with Crippen LogP contribution in [0.4, 0.5) is 11.5 Å². The Morgan fingerprint density at radius 1 is 1.44 bits per heavy atom. The van der Waals surface area contributed by atoms with E-state index in [9.17, 15) is 0 Å². The van der Waals surface area contributed by atoms with Crippen LogP contribution in [0.1, 0.15) is 40.0 Å². The third-order valence-corrected chi connectivity index (χ3v) is 2.96. The van der Waals surface area contributed by atoms with Gasteiger partial charge in [0, 0.05) is 18.8 Å². The molecule has 0 saturated heterocycles. The van der Waals surface area contributed by atoms with Crippen LogP contribution >= 0.6 is 0 Å². The number of pyridine rings is 1. The third-order valence-electron chi connectivity index (χ3n) is 2.96. The predicted molar refractivity (Wildman–Crippen MR) is 70.7 cm³/mol. The normalized spacial score (nSPS) is 12.4. The number of hydrogen-bond acceptors (Lipinski definition) is 3. The van der Waals surface area contributed by atoms with Gasteiger partial charge in [-0.1, -0.05) is 20.3 Å². The molecule has 1 aromatic heterocycles. The highest BCUT2D eigenvalue weighted by Crippen LogP contribution is 2.22. The smallest absolute Gasteiger partial charge is 0.151 e. The lowest BCUT2D eigenvalue weighted by Gasteiger charge is -2.30. The van der Waals surface area contributed by atoms with E-state index in [1.54, 1.807) is 0 Å². The molecule has 3 nitrogen and oxygen atoms in total. The van der Waals surface area contributed by atoms with Crippen LogP contribution < -0.4 is 10.6 Å². The van der Waals surface area contributed by atoms with Crippen molar-refractivity contribution in [2.24, 2.45) is 0 Å². The second-order valence-corrected chi connectivity index (χ2v) is 4.22. The summed E-state index contributed by atoms with van der Waals surface area (Å²) in [5.74, 6) is 0.935. The maximum Gasteiger partial charge on any atom is 0.151 e. The predicted octanol–water partition coefficient (Wildman–Crippen LogP) is 3.07. The molecule has 0 radical (unpaired) electrons. The van der Waals surface area contributed by atoms with Crippen molar-refractivity contribution in [3.63, 3.8) is 0 Å². The monoisotopic (exact) mass is 221 g/mol. The molecule has 0 aliphatic heterocycles. The first-order chi connectivity index (χ1) is 7.70. The number of rotatable bonds is 6. The first-order valence-corrected chi connectivity index (χ1v) is 6.17. The summed E-state index contributed by atoms with van der Waals surface area (Å²) in [6, 6.07) is 4.29. The molecule has 0 amide bonds. The van der Waals surface area contributed by atoms with Crippen molar-refractivity contribution in [2.45, 2.75) is 46.1 Å². The van der Waals surface area contributed by atoms with Gasteiger partial charge in [-0.3, -0.25) is 0 Å². The van der Waals surface area contributed by atoms with Crippen molar-refractivity contribution in [1.29, 1.82) is 0 Å². The summed E-state index contributed by atoms with van der Waals surface area (Å²) in [6.45, 7) is 7.66. The number of nitrogens with zero attached hydrogens (tertiary/aromatic N) is 2. The van der Waals surface area contributed by atoms with Crippen molar-refractivity contribution in [2.75, 3.05) is 17.2 Å². The van der Waals surface area contributed by atoms with Crippen LogP contribution in [0.15, 0.2) is 18.3 Å². The van der Waals surface area contributed by atoms with E-state index in [2.05, 4.69) is 30.7 Å². The average molecular weight is 221 g/mol. The molecule has 0 fully saturated rings. The van der Waals surface area contributed by atoms with Gasteiger partial charge in [0.05, 0.1) is 5.69 Å². The van der Waals surface area contributed by atoms with E-state index in [1.165, 1.54) is 12.8 Å². The lowest BCUT2D eigenvalue weighted by atomic mass is 10.2. The maximum absolute atomic E-state index is 5.98. The van der Waals surface area contributed by atoms with E-state index < -0.39 is 0 Å². The van der Waals surface area contributed by atoms with Gasteiger partial charge in [-0.25, -0.2) is 4.98 Å². The standard InChI is InChI=1S/C13H23N3/c1-4-6-10-16(11(3)5-2)13-12(14)8-7-9-15-13/h7-9,11H,4-6,10,14H2,1-3H3. The zero-order valence-corrected chi connectivity index (χ0v) is 10.6. The molecule has 1 atom stereocenters. The SMILES string of the molecule is CCCCN(c1ncccc1N)C(C)CC. The quantitative estimate of drug-likeness (QED) is 0.802. The molecule has 0 aliphatic rings. The molecule has 16 heavy (non-hydrogen) atoms. The van der Waals surface area contributed by atoms with Gasteiger partial charge < -0.3 is 10.6 Å². The summed E-state index contributed by atoms with van der Waals surface area (Å²) in [6.07, 6.45) is 5.30. The summed E-state index contributed by atoms with van der Waals surface area (Å²) in [4.78, 5) is 6.72. The minimum atomic E-state index is 0.490. The first-order valence-electron chi connectivity index (χ1n) is 6.17. The van der Waals surface area contributed by atoms with Gasteiger partial charge in [0.1, 0.15) is 0 Å². The van der Waals surface area contributed by atoms with E-state index in [1.807, 2.05) is 18.3 Å². The van der Waals surface area contributed by atoms with E-state index in [0.717, 1.165) is 24.5 Å². The Hall–Kier alpha value is -1.25. The fourth-order valence-corrected chi connectivity index (χ4v) is 1.73. The molecule has 3 heteroatoms. The lowest BCUT2D eigenvalue weighted by molar-refractivity contribution is 0.590. The van der Waals surface area contributed by atoms with Gasteiger partial charge in [-0.15, -0.1) is 0 Å². The topological polar surface area (TPSA) is 42.2 Å². The molecule has 1 unspecified atom stereocenters. The molecule has 90 valence electrons. The van der Waals surface area contributed by atoms with E-state index in [0.29, 0.717) is 6.04 Å². The molecule has 1 rings (SSSR count). The zero-order chi connectivity index (χ0) is 12.0. The van der Waals surface area contributed by atoms with Crippen molar-refractivity contribution in [3.8, 4) is 0 Å². The highest BCUT2D eigenvalue weighted by Gasteiger charge is 2.15. The molecular weight excluding hydrogens is 198 g/mol. The first kappa shape index (κ1) is 12.8. The molecule has 0 saturated carbocycles. The number of nitrogen functional groups attached to an aromatic ring is 1. The largest absolute Gasteiger partial charge is 0.396 e. The number of hydrogen-bond donors (Lipinski definition) is 1. The van der Waals surface area contributed by atoms with Crippen LogP contribution in [0.2, 0.25) is 0 Å². The minimum Gasteiger partial charge on any atom is -0.396 e. The van der Waals surface area contributed by atoms with Gasteiger partial charge in [0.25, 0.3) is 0 Å². The van der Waals surface area contributed by atoms with Crippen molar-refractivity contribution in [3.05, 3.63) is 18.3 Å². The summed E-state index contributed by atoms with van der Waals surface area (Å²) in [5, 5.41) is 0. The fourth-order valence-electron chi connectivity index (χ4n) is 1.73. The molecule has 0 bridgehead atoms. The van der Waals surface area contributed by atoms with Gasteiger partial charge in [0.2, 0.25) is 0 Å². The minimum absolute atomic E-state index is 0.490. The third kappa shape index (κ3) is 3.12. The molecule has 2 N–H and O–H groups in total. The van der Waals surface area contributed by atoms with E-state index in [-0.39, 0.29) is 0 Å². The van der Waals surface area contributed by atoms with Crippen molar-refractivity contribution < 1.29 is 0 Å². The Kier molecular flexibility index (Phi) is 5.09. The highest BCUT2D eigenvalue weighted by atomic mass is 15.2. The Balaban J connectivity index is 2.87. The number of unbranched alkanes of at least 4 members (excludes halogenated alkanes) is 1. The molecule has 0 aromatic carbocycles. The Morgan fingerprint density at radius 2 is 2.19 bits per heavy atom. The van der Waals surface area contributed by atoms with Gasteiger partial charge in [0.15, 0.2) is 5.82 Å². The summed E-state index contributed by atoms with van der Waals surface area (Å²) in [7, 11) is 0. The number of anilines is 2. The molecule has 1 heterocycles. The lowest BCUT2D eigenvalue weighted by Crippen LogP contribution is -2.34. The zero-order valence-electron chi connectivity index (χ0n) is 10.6. The molecule has 1 aromatic rings. The van der Waals surface area contributed by atoms with Crippen LogP contribution in [0.5, 0.6) is 0 Å². The number of nitrogens with two attached hydrogens (primary N) is 1. The highest BCUT2D eigenvalue weighted by molar-refractivity contribution is 5.62. The second-order valence-electron chi connectivity index (χ2n) is 4.22. The van der Waals surface area contributed by atoms with Crippen LogP contribution in [-0.2, 0) is 0 Å². The van der Waals surface area contributed by atoms with Gasteiger partial charge in [-0.05, 0) is 31.9 Å². The molecule has 0 spiro atoms. The van der Waals surface area contributed by atoms with Crippen LogP contribution in [0, 0.1) is 0 Å². The Bertz CT molecular complexity index is 312. The van der Waals surface area contributed by atoms with E-state index in [4.69, 9.17) is 5.73 Å². The van der Waals surface area contributed by atoms with Crippen LogP contribution in [0.3, 0.4) is 0 Å². The van der Waals surface area contributed by atoms with Gasteiger partial charge >= 0.3 is 0 Å². The maximum atomic E-state index is 5.98. The van der Waals surface area contributed by atoms with Crippen LogP contribution in [-0.4, -0.2) is 17.6 Å². The summed E-state index contributed by atoms with van der Waals surface area (Å²) in [5.41, 5.74) is 6.76. The van der Waals surface area contributed by atoms with Crippen molar-refractivity contribution in [1.82, 2.24) is 4.98 Å².